The van der Waals surface area contributed by atoms with E-state index in [1.165, 1.54) is 6.92 Å². The molecule has 0 bridgehead atoms. The molecule has 1 aromatic carbocycles. The van der Waals surface area contributed by atoms with Gasteiger partial charge in [-0.05, 0) is 19.4 Å². The van der Waals surface area contributed by atoms with Crippen molar-refractivity contribution in [3.63, 3.8) is 0 Å². The normalized spacial score (nSPS) is 34.2. The minimum atomic E-state index is -0.966. The summed E-state index contributed by atoms with van der Waals surface area (Å²) < 4.78 is 23.2. The minimum Gasteiger partial charge on any atom is -0.388 e. The number of carbonyl (C=O) groups is 1. The first kappa shape index (κ1) is 18.3. The van der Waals surface area contributed by atoms with Crippen molar-refractivity contribution < 1.29 is 28.8 Å². The Morgan fingerprint density at radius 1 is 1.36 bits per heavy atom. The Kier molecular flexibility index (Phi) is 5.41. The molecule has 1 aromatic rings. The second-order valence-corrected chi connectivity index (χ2v) is 6.85. The van der Waals surface area contributed by atoms with Gasteiger partial charge in [0, 0.05) is 6.92 Å². The van der Waals surface area contributed by atoms with E-state index >= 15 is 0 Å². The summed E-state index contributed by atoms with van der Waals surface area (Å²) in [6, 6.07) is 8.91. The lowest BCUT2D eigenvalue weighted by molar-refractivity contribution is -0.369. The third kappa shape index (κ3) is 4.37. The number of carbonyl (C=O) groups excluding carboxylic acids is 1. The molecule has 0 aliphatic carbocycles. The van der Waals surface area contributed by atoms with Crippen LogP contribution < -0.4 is 5.32 Å². The monoisotopic (exact) mass is 351 g/mol. The van der Waals surface area contributed by atoms with Gasteiger partial charge >= 0.3 is 0 Å². The van der Waals surface area contributed by atoms with Crippen LogP contribution in [0.5, 0.6) is 0 Å². The Hall–Kier alpha value is -1.51. The van der Waals surface area contributed by atoms with Crippen LogP contribution in [0.3, 0.4) is 0 Å². The lowest BCUT2D eigenvalue weighted by atomic mass is 9.95. The van der Waals surface area contributed by atoms with Crippen LogP contribution in [0.4, 0.5) is 0 Å². The molecule has 2 aliphatic heterocycles. The molecule has 3 rings (SSSR count). The van der Waals surface area contributed by atoms with Crippen LogP contribution in [0.15, 0.2) is 30.3 Å². The van der Waals surface area contributed by atoms with E-state index in [1.807, 2.05) is 30.3 Å². The summed E-state index contributed by atoms with van der Waals surface area (Å²) in [5, 5.41) is 13.5. The van der Waals surface area contributed by atoms with Crippen LogP contribution in [-0.4, -0.2) is 54.1 Å². The second-order valence-electron chi connectivity index (χ2n) is 6.85. The van der Waals surface area contributed by atoms with Gasteiger partial charge in [0.15, 0.2) is 12.1 Å². The molecule has 138 valence electrons. The Morgan fingerprint density at radius 3 is 2.76 bits per heavy atom. The number of hydrogen-bond donors (Lipinski definition) is 2. The van der Waals surface area contributed by atoms with Crippen molar-refractivity contribution in [2.75, 3.05) is 6.61 Å². The molecule has 25 heavy (non-hydrogen) atoms. The zero-order valence-corrected chi connectivity index (χ0v) is 14.7. The van der Waals surface area contributed by atoms with Gasteiger partial charge in [-0.1, -0.05) is 30.3 Å². The van der Waals surface area contributed by atoms with Crippen LogP contribution in [0.2, 0.25) is 0 Å². The van der Waals surface area contributed by atoms with Gasteiger partial charge in [0.05, 0.1) is 13.2 Å². The largest absolute Gasteiger partial charge is 0.388 e. The molecule has 0 spiro atoms. The highest BCUT2D eigenvalue weighted by Crippen LogP contribution is 2.33. The Labute approximate surface area is 147 Å². The fraction of sp³-hybridized carbons (Fsp3) is 0.611. The SMILES string of the molecule is CC(=O)N[C@H]1C(OCc2ccccc2)O[C@@H]2COC(C)(C)O[C@@H]2[C@@H]1O. The number of fused-ring (bicyclic) bond motifs is 1. The topological polar surface area (TPSA) is 86.3 Å². The predicted octanol–water partition coefficient (Wildman–Crippen LogP) is 0.945. The van der Waals surface area contributed by atoms with Crippen molar-refractivity contribution >= 4 is 5.91 Å². The lowest BCUT2D eigenvalue weighted by Crippen LogP contribution is -2.68. The summed E-state index contributed by atoms with van der Waals surface area (Å²) in [4.78, 5) is 11.6. The van der Waals surface area contributed by atoms with Crippen LogP contribution in [0, 0.1) is 0 Å². The number of nitrogens with one attached hydrogen (secondary N) is 1. The van der Waals surface area contributed by atoms with E-state index in [0.717, 1.165) is 5.56 Å². The lowest BCUT2D eigenvalue weighted by Gasteiger charge is -2.49. The molecule has 0 aromatic heterocycles. The van der Waals surface area contributed by atoms with Crippen molar-refractivity contribution in [1.29, 1.82) is 0 Å². The molecule has 2 saturated heterocycles. The highest BCUT2D eigenvalue weighted by atomic mass is 16.8. The molecule has 2 heterocycles. The molecular weight excluding hydrogens is 326 g/mol. The van der Waals surface area contributed by atoms with Crippen molar-refractivity contribution in [2.45, 2.75) is 63.8 Å². The van der Waals surface area contributed by atoms with Crippen molar-refractivity contribution in [3.8, 4) is 0 Å². The van der Waals surface area contributed by atoms with Crippen LogP contribution in [-0.2, 0) is 30.3 Å². The maximum absolute atomic E-state index is 11.6. The average molecular weight is 351 g/mol. The van der Waals surface area contributed by atoms with Gasteiger partial charge in [-0.15, -0.1) is 0 Å². The highest BCUT2D eigenvalue weighted by Gasteiger charge is 2.51. The molecule has 7 heteroatoms. The Bertz CT molecular complexity index is 592. The maximum Gasteiger partial charge on any atom is 0.217 e. The van der Waals surface area contributed by atoms with E-state index in [4.69, 9.17) is 18.9 Å². The number of hydrogen-bond acceptors (Lipinski definition) is 6. The molecule has 1 unspecified atom stereocenters. The van der Waals surface area contributed by atoms with E-state index in [1.54, 1.807) is 13.8 Å². The molecule has 2 N–H and O–H groups in total. The number of ether oxygens (including phenoxy) is 4. The van der Waals surface area contributed by atoms with Crippen LogP contribution in [0.1, 0.15) is 26.3 Å². The fourth-order valence-electron chi connectivity index (χ4n) is 3.13. The first-order valence-corrected chi connectivity index (χ1v) is 8.44. The molecule has 0 saturated carbocycles. The van der Waals surface area contributed by atoms with Crippen molar-refractivity contribution in [2.24, 2.45) is 0 Å². The summed E-state index contributed by atoms with van der Waals surface area (Å²) in [5.74, 6) is -1.09. The summed E-state index contributed by atoms with van der Waals surface area (Å²) in [5.41, 5.74) is 0.974. The standard InChI is InChI=1S/C18H25NO6/c1-11(20)19-14-15(21)16-13(10-23-18(2,3)25-16)24-17(14)22-9-12-7-5-4-6-8-12/h4-8,13-17,21H,9-10H2,1-3H3,(H,19,20)/t13-,14-,15-,16+,17?/m1/s1. The smallest absolute Gasteiger partial charge is 0.217 e. The number of amides is 1. The summed E-state index contributed by atoms with van der Waals surface area (Å²) in [6.07, 6.45) is -2.83. The zero-order chi connectivity index (χ0) is 18.0. The number of aliphatic hydroxyl groups is 1. The maximum atomic E-state index is 11.6. The quantitative estimate of drug-likeness (QED) is 0.840. The first-order valence-electron chi connectivity index (χ1n) is 8.44. The molecule has 7 nitrogen and oxygen atoms in total. The predicted molar refractivity (Wildman–Crippen MR) is 88.4 cm³/mol. The van der Waals surface area contributed by atoms with Gasteiger partial charge in [0.25, 0.3) is 0 Å². The van der Waals surface area contributed by atoms with Gasteiger partial charge < -0.3 is 29.4 Å². The van der Waals surface area contributed by atoms with E-state index in [9.17, 15) is 9.90 Å². The third-order valence-corrected chi connectivity index (χ3v) is 4.32. The van der Waals surface area contributed by atoms with Crippen molar-refractivity contribution in [1.82, 2.24) is 5.32 Å². The number of rotatable bonds is 4. The summed E-state index contributed by atoms with van der Waals surface area (Å²) in [6.45, 7) is 5.54. The van der Waals surface area contributed by atoms with Crippen molar-refractivity contribution in [3.05, 3.63) is 35.9 Å². The van der Waals surface area contributed by atoms with Gasteiger partial charge in [0.1, 0.15) is 24.4 Å². The summed E-state index contributed by atoms with van der Waals surface area (Å²) >= 11 is 0. The van der Waals surface area contributed by atoms with E-state index in [0.29, 0.717) is 6.61 Å². The number of aliphatic hydroxyl groups excluding tert-OH is 1. The first-order chi connectivity index (χ1) is 11.9. The molecule has 5 atom stereocenters. The van der Waals surface area contributed by atoms with Crippen LogP contribution >= 0.6 is 0 Å². The number of benzene rings is 1. The summed E-state index contributed by atoms with van der Waals surface area (Å²) in [7, 11) is 0. The average Bonchev–Trinajstić information content (AvgIpc) is 2.57. The van der Waals surface area contributed by atoms with E-state index < -0.39 is 36.4 Å². The Morgan fingerprint density at radius 2 is 2.08 bits per heavy atom. The van der Waals surface area contributed by atoms with Gasteiger partial charge in [-0.25, -0.2) is 0 Å². The molecular formula is C18H25NO6. The van der Waals surface area contributed by atoms with E-state index in [2.05, 4.69) is 5.32 Å². The molecule has 0 radical (unpaired) electrons. The second kappa shape index (κ2) is 7.39. The fourth-order valence-corrected chi connectivity index (χ4v) is 3.13. The third-order valence-electron chi connectivity index (χ3n) is 4.32. The molecule has 2 aliphatic rings. The minimum absolute atomic E-state index is 0.272. The van der Waals surface area contributed by atoms with Gasteiger partial charge in [-0.3, -0.25) is 4.79 Å². The van der Waals surface area contributed by atoms with Gasteiger partial charge in [-0.2, -0.15) is 0 Å². The zero-order valence-electron chi connectivity index (χ0n) is 14.7. The highest BCUT2D eigenvalue weighted by molar-refractivity contribution is 5.73. The van der Waals surface area contributed by atoms with Gasteiger partial charge in [0.2, 0.25) is 5.91 Å². The molecule has 2 fully saturated rings. The van der Waals surface area contributed by atoms with E-state index in [-0.39, 0.29) is 12.5 Å². The molecule has 1 amide bonds. The Balaban J connectivity index is 1.73. The van der Waals surface area contributed by atoms with Crippen LogP contribution in [0.25, 0.3) is 0 Å².